The molecule has 1 aromatic carbocycles. The summed E-state index contributed by atoms with van der Waals surface area (Å²) in [7, 11) is 0. The summed E-state index contributed by atoms with van der Waals surface area (Å²) in [6, 6.07) is 7.63. The molecule has 4 heteroatoms. The molecule has 3 nitrogen and oxygen atoms in total. The highest BCUT2D eigenvalue weighted by molar-refractivity contribution is 6.34. The van der Waals surface area contributed by atoms with E-state index in [4.69, 9.17) is 11.6 Å². The van der Waals surface area contributed by atoms with Crippen LogP contribution in [0.5, 0.6) is 0 Å². The lowest BCUT2D eigenvalue weighted by Gasteiger charge is -2.34. The third kappa shape index (κ3) is 2.88. The summed E-state index contributed by atoms with van der Waals surface area (Å²) in [6.07, 6.45) is 7.27. The molecule has 0 bridgehead atoms. The number of benzene rings is 1. The molecule has 1 aliphatic rings. The van der Waals surface area contributed by atoms with Gasteiger partial charge in [-0.25, -0.2) is 4.98 Å². The molecule has 2 aromatic rings. The topological polar surface area (TPSA) is 42.0 Å². The molecule has 1 saturated carbocycles. The fourth-order valence-corrected chi connectivity index (χ4v) is 3.35. The molecule has 1 heterocycles. The Labute approximate surface area is 129 Å². The lowest BCUT2D eigenvalue weighted by atomic mass is 9.83. The van der Waals surface area contributed by atoms with E-state index >= 15 is 0 Å². The van der Waals surface area contributed by atoms with Crippen LogP contribution in [0.25, 0.3) is 10.8 Å². The van der Waals surface area contributed by atoms with Gasteiger partial charge in [-0.2, -0.15) is 0 Å². The summed E-state index contributed by atoms with van der Waals surface area (Å²) in [6.45, 7) is 2.13. The Balaban J connectivity index is 1.93. The zero-order valence-electron chi connectivity index (χ0n) is 12.2. The van der Waals surface area contributed by atoms with Gasteiger partial charge < -0.3 is 5.32 Å². The molecule has 0 spiro atoms. The number of fused-ring (bicyclic) bond motifs is 1. The number of aromatic nitrogens is 1. The van der Waals surface area contributed by atoms with Crippen molar-refractivity contribution in [2.24, 2.45) is 0 Å². The summed E-state index contributed by atoms with van der Waals surface area (Å²) in [4.78, 5) is 16.8. The van der Waals surface area contributed by atoms with E-state index in [-0.39, 0.29) is 11.4 Å². The monoisotopic (exact) mass is 302 g/mol. The number of hydrogen-bond donors (Lipinski definition) is 1. The number of nitrogens with zero attached hydrogens (tertiary/aromatic N) is 1. The number of rotatable bonds is 2. The van der Waals surface area contributed by atoms with Gasteiger partial charge in [0.2, 0.25) is 0 Å². The van der Waals surface area contributed by atoms with Crippen molar-refractivity contribution in [3.8, 4) is 0 Å². The molecule has 0 radical (unpaired) electrons. The van der Waals surface area contributed by atoms with Gasteiger partial charge in [0.05, 0.1) is 5.56 Å². The van der Waals surface area contributed by atoms with Gasteiger partial charge in [0.15, 0.2) is 0 Å². The first kappa shape index (κ1) is 14.3. The molecular formula is C17H19ClN2O. The average molecular weight is 303 g/mol. The van der Waals surface area contributed by atoms with Crippen molar-refractivity contribution in [2.45, 2.75) is 44.6 Å². The fraction of sp³-hybridized carbons (Fsp3) is 0.412. The zero-order valence-corrected chi connectivity index (χ0v) is 12.9. The van der Waals surface area contributed by atoms with Gasteiger partial charge in [-0.05, 0) is 25.2 Å². The van der Waals surface area contributed by atoms with Crippen molar-refractivity contribution in [1.82, 2.24) is 10.3 Å². The van der Waals surface area contributed by atoms with Gasteiger partial charge >= 0.3 is 0 Å². The molecule has 0 unspecified atom stereocenters. The number of amides is 1. The van der Waals surface area contributed by atoms with Crippen LogP contribution >= 0.6 is 11.6 Å². The number of halogens is 1. The van der Waals surface area contributed by atoms with E-state index in [1.165, 1.54) is 19.3 Å². The van der Waals surface area contributed by atoms with E-state index < -0.39 is 0 Å². The lowest BCUT2D eigenvalue weighted by molar-refractivity contribution is 0.0884. The summed E-state index contributed by atoms with van der Waals surface area (Å²) in [5, 5.41) is 5.31. The van der Waals surface area contributed by atoms with Crippen LogP contribution in [-0.2, 0) is 0 Å². The Morgan fingerprint density at radius 3 is 2.57 bits per heavy atom. The molecular weight excluding hydrogens is 284 g/mol. The molecule has 1 N–H and O–H groups in total. The van der Waals surface area contributed by atoms with Gasteiger partial charge in [-0.1, -0.05) is 55.1 Å². The maximum atomic E-state index is 12.6. The molecule has 1 aliphatic carbocycles. The quantitative estimate of drug-likeness (QED) is 0.838. The predicted octanol–water partition coefficient (Wildman–Crippen LogP) is 4.34. The highest BCUT2D eigenvalue weighted by atomic mass is 35.5. The summed E-state index contributed by atoms with van der Waals surface area (Å²) in [5.74, 6) is -0.0558. The smallest absolute Gasteiger partial charge is 0.253 e. The Hall–Kier alpha value is -1.61. The van der Waals surface area contributed by atoms with Gasteiger partial charge in [0.25, 0.3) is 5.91 Å². The van der Waals surface area contributed by atoms with Crippen molar-refractivity contribution >= 4 is 28.3 Å². The summed E-state index contributed by atoms with van der Waals surface area (Å²) < 4.78 is 0. The van der Waals surface area contributed by atoms with Gasteiger partial charge in [-0.15, -0.1) is 0 Å². The van der Waals surface area contributed by atoms with Crippen LogP contribution in [0.4, 0.5) is 0 Å². The van der Waals surface area contributed by atoms with Crippen LogP contribution in [0, 0.1) is 0 Å². The van der Waals surface area contributed by atoms with Crippen LogP contribution in [0.3, 0.4) is 0 Å². The number of carbonyl (C=O) groups is 1. The van der Waals surface area contributed by atoms with E-state index in [0.717, 1.165) is 23.6 Å². The Morgan fingerprint density at radius 2 is 1.86 bits per heavy atom. The van der Waals surface area contributed by atoms with E-state index in [2.05, 4.69) is 17.2 Å². The number of pyridine rings is 1. The van der Waals surface area contributed by atoms with Crippen molar-refractivity contribution in [2.75, 3.05) is 0 Å². The van der Waals surface area contributed by atoms with Crippen LogP contribution in [0.2, 0.25) is 5.15 Å². The first-order valence-electron chi connectivity index (χ1n) is 7.45. The van der Waals surface area contributed by atoms with Crippen LogP contribution in [0.1, 0.15) is 49.4 Å². The summed E-state index contributed by atoms with van der Waals surface area (Å²) >= 11 is 6.11. The largest absolute Gasteiger partial charge is 0.347 e. The number of hydrogen-bond acceptors (Lipinski definition) is 2. The predicted molar refractivity (Wildman–Crippen MR) is 85.7 cm³/mol. The first-order valence-corrected chi connectivity index (χ1v) is 7.83. The van der Waals surface area contributed by atoms with E-state index in [0.29, 0.717) is 10.7 Å². The van der Waals surface area contributed by atoms with Crippen molar-refractivity contribution in [1.29, 1.82) is 0 Å². The minimum absolute atomic E-state index is 0.0558. The molecule has 1 amide bonds. The van der Waals surface area contributed by atoms with Crippen LogP contribution in [0.15, 0.2) is 30.5 Å². The maximum Gasteiger partial charge on any atom is 0.253 e. The van der Waals surface area contributed by atoms with Crippen molar-refractivity contribution in [3.63, 3.8) is 0 Å². The Bertz CT molecular complexity index is 678. The standard InChI is InChI=1S/C17H19ClN2O/c1-17(9-5-2-6-10-17)20-16(21)14-11-19-15(18)13-8-4-3-7-12(13)14/h3-4,7-8,11H,2,5-6,9-10H2,1H3,(H,20,21). The third-order valence-electron chi connectivity index (χ3n) is 4.36. The molecule has 0 aliphatic heterocycles. The number of carbonyl (C=O) groups excluding carboxylic acids is 1. The molecule has 110 valence electrons. The second-order valence-corrected chi connectivity index (χ2v) is 6.44. The second-order valence-electron chi connectivity index (χ2n) is 6.08. The Morgan fingerprint density at radius 1 is 1.19 bits per heavy atom. The minimum Gasteiger partial charge on any atom is -0.347 e. The van der Waals surface area contributed by atoms with Gasteiger partial charge in [-0.3, -0.25) is 4.79 Å². The van der Waals surface area contributed by atoms with Crippen molar-refractivity contribution in [3.05, 3.63) is 41.2 Å². The Kier molecular flexibility index (Phi) is 3.85. The highest BCUT2D eigenvalue weighted by Crippen LogP contribution is 2.29. The van der Waals surface area contributed by atoms with Crippen LogP contribution < -0.4 is 5.32 Å². The molecule has 3 rings (SSSR count). The molecule has 1 fully saturated rings. The normalized spacial score (nSPS) is 17.6. The maximum absolute atomic E-state index is 12.6. The number of nitrogens with one attached hydrogen (secondary N) is 1. The van der Waals surface area contributed by atoms with Crippen LogP contribution in [-0.4, -0.2) is 16.4 Å². The second kappa shape index (κ2) is 5.64. The third-order valence-corrected chi connectivity index (χ3v) is 4.66. The molecule has 0 saturated heterocycles. The molecule has 21 heavy (non-hydrogen) atoms. The van der Waals surface area contributed by atoms with Gasteiger partial charge in [0, 0.05) is 17.1 Å². The SMILES string of the molecule is CC1(NC(=O)c2cnc(Cl)c3ccccc23)CCCCC1. The zero-order chi connectivity index (χ0) is 14.9. The highest BCUT2D eigenvalue weighted by Gasteiger charge is 2.29. The minimum atomic E-state index is -0.101. The van der Waals surface area contributed by atoms with E-state index in [1.54, 1.807) is 6.20 Å². The first-order chi connectivity index (χ1) is 10.1. The fourth-order valence-electron chi connectivity index (χ4n) is 3.14. The van der Waals surface area contributed by atoms with E-state index in [9.17, 15) is 4.79 Å². The average Bonchev–Trinajstić information content (AvgIpc) is 2.48. The van der Waals surface area contributed by atoms with Gasteiger partial charge in [0.1, 0.15) is 5.15 Å². The van der Waals surface area contributed by atoms with Crippen molar-refractivity contribution < 1.29 is 4.79 Å². The molecule has 1 aromatic heterocycles. The molecule has 0 atom stereocenters. The van der Waals surface area contributed by atoms with E-state index in [1.807, 2.05) is 24.3 Å². The summed E-state index contributed by atoms with van der Waals surface area (Å²) in [5.41, 5.74) is 0.498. The lowest BCUT2D eigenvalue weighted by Crippen LogP contribution is -2.47.